The largest absolute Gasteiger partial charge is 0.493 e. The Morgan fingerprint density at radius 2 is 1.85 bits per heavy atom. The van der Waals surface area contributed by atoms with Crippen molar-refractivity contribution in [3.05, 3.63) is 83.7 Å². The molecule has 0 radical (unpaired) electrons. The Morgan fingerprint density at radius 3 is 2.64 bits per heavy atom. The van der Waals surface area contributed by atoms with E-state index in [0.717, 1.165) is 17.1 Å². The highest BCUT2D eigenvalue weighted by atomic mass is 19.1. The number of halogens is 1. The SMILES string of the molecule is COc1cccc2c1Oc1ccccc1N=C2N1CCN(C(=O)c2ccccc2F)[C@H](C)C1. The second-order valence-electron chi connectivity index (χ2n) is 8.12. The highest BCUT2D eigenvalue weighted by Crippen LogP contribution is 2.42. The summed E-state index contributed by atoms with van der Waals surface area (Å²) < 4.78 is 26.0. The molecule has 6 nitrogen and oxygen atoms in total. The van der Waals surface area contributed by atoms with Crippen molar-refractivity contribution in [2.45, 2.75) is 13.0 Å². The molecule has 0 spiro atoms. The van der Waals surface area contributed by atoms with E-state index in [1.54, 1.807) is 24.1 Å². The number of carbonyl (C=O) groups excluding carboxylic acids is 1. The molecule has 0 unspecified atom stereocenters. The Hall–Kier alpha value is -3.87. The van der Waals surface area contributed by atoms with Gasteiger partial charge in [0, 0.05) is 25.7 Å². The first-order valence-corrected chi connectivity index (χ1v) is 10.9. The van der Waals surface area contributed by atoms with Gasteiger partial charge in [0.2, 0.25) is 0 Å². The van der Waals surface area contributed by atoms with Gasteiger partial charge in [0.25, 0.3) is 5.91 Å². The summed E-state index contributed by atoms with van der Waals surface area (Å²) in [6.07, 6.45) is 0. The Labute approximate surface area is 191 Å². The Kier molecular flexibility index (Phi) is 5.46. The van der Waals surface area contributed by atoms with Gasteiger partial charge in [-0.15, -0.1) is 0 Å². The normalized spacial score (nSPS) is 17.3. The van der Waals surface area contributed by atoms with Crippen molar-refractivity contribution in [3.63, 3.8) is 0 Å². The number of benzene rings is 3. The molecule has 0 aromatic heterocycles. The number of methoxy groups -OCH3 is 1. The molecule has 1 fully saturated rings. The summed E-state index contributed by atoms with van der Waals surface area (Å²) in [5.74, 6) is 1.86. The molecule has 0 bridgehead atoms. The van der Waals surface area contributed by atoms with E-state index < -0.39 is 5.82 Å². The van der Waals surface area contributed by atoms with E-state index >= 15 is 0 Å². The summed E-state index contributed by atoms with van der Waals surface area (Å²) in [6, 6.07) is 19.3. The molecule has 33 heavy (non-hydrogen) atoms. The van der Waals surface area contributed by atoms with Crippen molar-refractivity contribution < 1.29 is 18.7 Å². The lowest BCUT2D eigenvalue weighted by Crippen LogP contribution is -2.55. The average Bonchev–Trinajstić information content (AvgIpc) is 3.00. The molecule has 168 valence electrons. The van der Waals surface area contributed by atoms with Gasteiger partial charge in [0.1, 0.15) is 17.3 Å². The minimum Gasteiger partial charge on any atom is -0.493 e. The van der Waals surface area contributed by atoms with Crippen LogP contribution in [0.25, 0.3) is 0 Å². The quantitative estimate of drug-likeness (QED) is 0.565. The van der Waals surface area contributed by atoms with Crippen molar-refractivity contribution in [1.29, 1.82) is 0 Å². The molecule has 2 aliphatic rings. The van der Waals surface area contributed by atoms with Crippen LogP contribution in [0.5, 0.6) is 17.2 Å². The Morgan fingerprint density at radius 1 is 1.06 bits per heavy atom. The first kappa shape index (κ1) is 21.0. The van der Waals surface area contributed by atoms with Crippen LogP contribution in [0, 0.1) is 5.82 Å². The molecule has 3 aromatic rings. The van der Waals surface area contributed by atoms with E-state index in [0.29, 0.717) is 36.9 Å². The number of ether oxygens (including phenoxy) is 2. The highest BCUT2D eigenvalue weighted by Gasteiger charge is 2.33. The van der Waals surface area contributed by atoms with E-state index in [2.05, 4.69) is 4.90 Å². The number of piperazine rings is 1. The van der Waals surface area contributed by atoms with E-state index in [-0.39, 0.29) is 17.5 Å². The first-order chi connectivity index (χ1) is 16.1. The maximum Gasteiger partial charge on any atom is 0.257 e. The third-order valence-corrected chi connectivity index (χ3v) is 6.04. The molecule has 3 aromatic carbocycles. The van der Waals surface area contributed by atoms with E-state index in [1.807, 2.05) is 49.4 Å². The van der Waals surface area contributed by atoms with Crippen LogP contribution in [0.15, 0.2) is 71.7 Å². The van der Waals surface area contributed by atoms with Crippen LogP contribution in [0.2, 0.25) is 0 Å². The minimum atomic E-state index is -0.500. The molecule has 1 atom stereocenters. The zero-order chi connectivity index (χ0) is 22.9. The third kappa shape index (κ3) is 3.80. The molecular formula is C26H24FN3O3. The number of aliphatic imine (C=N–C) groups is 1. The van der Waals surface area contributed by atoms with E-state index in [4.69, 9.17) is 14.5 Å². The Bertz CT molecular complexity index is 1240. The number of rotatable bonds is 2. The van der Waals surface area contributed by atoms with Gasteiger partial charge in [-0.05, 0) is 43.3 Å². The average molecular weight is 445 g/mol. The molecule has 0 saturated carbocycles. The van der Waals surface area contributed by atoms with Gasteiger partial charge in [-0.3, -0.25) is 4.79 Å². The zero-order valence-corrected chi connectivity index (χ0v) is 18.5. The van der Waals surface area contributed by atoms with Gasteiger partial charge >= 0.3 is 0 Å². The van der Waals surface area contributed by atoms with Crippen LogP contribution in [0.4, 0.5) is 10.1 Å². The molecule has 2 heterocycles. The smallest absolute Gasteiger partial charge is 0.257 e. The van der Waals surface area contributed by atoms with Crippen LogP contribution < -0.4 is 9.47 Å². The number of nitrogens with zero attached hydrogens (tertiary/aromatic N) is 3. The predicted molar refractivity (Wildman–Crippen MR) is 124 cm³/mol. The molecule has 7 heteroatoms. The van der Waals surface area contributed by atoms with Crippen LogP contribution in [-0.2, 0) is 0 Å². The minimum absolute atomic E-state index is 0.0991. The summed E-state index contributed by atoms with van der Waals surface area (Å²) in [5.41, 5.74) is 1.65. The summed E-state index contributed by atoms with van der Waals surface area (Å²) in [4.78, 5) is 21.8. The van der Waals surface area contributed by atoms with Gasteiger partial charge in [-0.1, -0.05) is 30.3 Å². The molecule has 5 rings (SSSR count). The number of amides is 1. The van der Waals surface area contributed by atoms with Crippen LogP contribution >= 0.6 is 0 Å². The van der Waals surface area contributed by atoms with Crippen molar-refractivity contribution in [2.75, 3.05) is 26.7 Å². The number of para-hydroxylation sites is 3. The van der Waals surface area contributed by atoms with Crippen molar-refractivity contribution in [3.8, 4) is 17.2 Å². The van der Waals surface area contributed by atoms with Crippen LogP contribution in [0.3, 0.4) is 0 Å². The topological polar surface area (TPSA) is 54.4 Å². The predicted octanol–water partition coefficient (Wildman–Crippen LogP) is 4.86. The highest BCUT2D eigenvalue weighted by molar-refractivity contribution is 6.04. The molecule has 0 aliphatic carbocycles. The molecule has 1 amide bonds. The summed E-state index contributed by atoms with van der Waals surface area (Å²) in [6.45, 7) is 3.54. The molecule has 1 saturated heterocycles. The lowest BCUT2D eigenvalue weighted by molar-refractivity contribution is 0.0576. The first-order valence-electron chi connectivity index (χ1n) is 10.9. The van der Waals surface area contributed by atoms with Crippen LogP contribution in [0.1, 0.15) is 22.8 Å². The number of hydrogen-bond donors (Lipinski definition) is 0. The van der Waals surface area contributed by atoms with Gasteiger partial charge in [0.05, 0.1) is 18.2 Å². The summed E-state index contributed by atoms with van der Waals surface area (Å²) in [7, 11) is 1.61. The van der Waals surface area contributed by atoms with Gasteiger partial charge in [-0.2, -0.15) is 0 Å². The second kappa shape index (κ2) is 8.58. The summed E-state index contributed by atoms with van der Waals surface area (Å²) >= 11 is 0. The lowest BCUT2D eigenvalue weighted by atomic mass is 10.1. The molecule has 2 aliphatic heterocycles. The molecular weight excluding hydrogens is 421 g/mol. The second-order valence-corrected chi connectivity index (χ2v) is 8.12. The summed E-state index contributed by atoms with van der Waals surface area (Å²) in [5, 5.41) is 0. The fourth-order valence-corrected chi connectivity index (χ4v) is 4.36. The Balaban J connectivity index is 1.48. The maximum atomic E-state index is 14.2. The zero-order valence-electron chi connectivity index (χ0n) is 18.5. The number of amidine groups is 1. The fourth-order valence-electron chi connectivity index (χ4n) is 4.36. The number of fused-ring (bicyclic) bond motifs is 2. The van der Waals surface area contributed by atoms with E-state index in [1.165, 1.54) is 12.1 Å². The maximum absolute atomic E-state index is 14.2. The third-order valence-electron chi connectivity index (χ3n) is 6.04. The van der Waals surface area contributed by atoms with Crippen molar-refractivity contribution >= 4 is 17.4 Å². The fraction of sp³-hybridized carbons (Fsp3) is 0.231. The number of carbonyl (C=O) groups is 1. The standard InChI is InChI=1S/C26H24FN3O3/c1-17-16-29(14-15-30(17)26(31)18-8-3-4-10-20(18)27)25-19-9-7-13-23(32-2)24(19)33-22-12-6-5-11-21(22)28-25/h3-13,17H,14-16H2,1-2H3/t17-/m1/s1. The van der Waals surface area contributed by atoms with Gasteiger partial charge < -0.3 is 19.3 Å². The number of hydrogen-bond acceptors (Lipinski definition) is 5. The monoisotopic (exact) mass is 445 g/mol. The van der Waals surface area contributed by atoms with Crippen molar-refractivity contribution in [2.24, 2.45) is 4.99 Å². The van der Waals surface area contributed by atoms with Crippen LogP contribution in [-0.4, -0.2) is 54.3 Å². The van der Waals surface area contributed by atoms with Gasteiger partial charge in [0.15, 0.2) is 17.2 Å². The van der Waals surface area contributed by atoms with Gasteiger partial charge in [-0.25, -0.2) is 9.38 Å². The lowest BCUT2D eigenvalue weighted by Gasteiger charge is -2.41. The molecule has 0 N–H and O–H groups in total. The van der Waals surface area contributed by atoms with Crippen molar-refractivity contribution in [1.82, 2.24) is 9.80 Å². The van der Waals surface area contributed by atoms with E-state index in [9.17, 15) is 9.18 Å².